The maximum absolute atomic E-state index is 11.8. The lowest BCUT2D eigenvalue weighted by atomic mass is 10.1. The molecule has 2 N–H and O–H groups in total. The molecule has 106 valence electrons. The summed E-state index contributed by atoms with van der Waals surface area (Å²) in [7, 11) is 1.59. The van der Waals surface area contributed by atoms with Gasteiger partial charge in [-0.2, -0.15) is 0 Å². The van der Waals surface area contributed by atoms with Crippen molar-refractivity contribution in [2.24, 2.45) is 10.2 Å². The average molecular weight is 301 g/mol. The van der Waals surface area contributed by atoms with Crippen LogP contribution in [0.2, 0.25) is 0 Å². The summed E-state index contributed by atoms with van der Waals surface area (Å²) < 4.78 is 5.18. The van der Waals surface area contributed by atoms with E-state index in [0.29, 0.717) is 16.6 Å². The highest BCUT2D eigenvalue weighted by Gasteiger charge is 2.12. The van der Waals surface area contributed by atoms with Crippen LogP contribution in [0.4, 0.5) is 10.8 Å². The Hall–Kier alpha value is -2.74. The number of ether oxygens (including phenoxy) is 1. The molecule has 7 nitrogen and oxygen atoms in total. The van der Waals surface area contributed by atoms with Crippen molar-refractivity contribution >= 4 is 22.2 Å². The summed E-state index contributed by atoms with van der Waals surface area (Å²) in [6, 6.07) is 7.32. The lowest BCUT2D eigenvalue weighted by Gasteiger charge is -2.02. The number of hydrogen-bond donors (Lipinski definition) is 2. The molecule has 3 aromatic rings. The molecule has 0 aliphatic carbocycles. The molecule has 0 radical (unpaired) electrons. The van der Waals surface area contributed by atoms with Gasteiger partial charge in [0.2, 0.25) is 5.13 Å². The second-order valence-electron chi connectivity index (χ2n) is 4.05. The van der Waals surface area contributed by atoms with Gasteiger partial charge in [-0.05, 0) is 12.1 Å². The van der Waals surface area contributed by atoms with Crippen molar-refractivity contribution in [2.45, 2.75) is 0 Å². The van der Waals surface area contributed by atoms with Gasteiger partial charge in [-0.3, -0.25) is 15.0 Å². The molecule has 0 bridgehead atoms. The summed E-state index contributed by atoms with van der Waals surface area (Å²) >= 11 is 1.34. The smallest absolute Gasteiger partial charge is 0.292 e. The Morgan fingerprint density at radius 1 is 1.29 bits per heavy atom. The fraction of sp³-hybridized carbons (Fsp3) is 0.0769. The molecular weight excluding hydrogens is 290 g/mol. The van der Waals surface area contributed by atoms with E-state index in [-0.39, 0.29) is 11.2 Å². The van der Waals surface area contributed by atoms with E-state index in [4.69, 9.17) is 4.74 Å². The molecule has 0 unspecified atom stereocenters. The van der Waals surface area contributed by atoms with Gasteiger partial charge in [-0.15, -0.1) is 21.6 Å². The number of H-pyrrole nitrogens is 2. The van der Waals surface area contributed by atoms with Crippen LogP contribution in [0.5, 0.6) is 5.75 Å². The zero-order chi connectivity index (χ0) is 14.7. The zero-order valence-electron chi connectivity index (χ0n) is 11.0. The Morgan fingerprint density at radius 2 is 2.19 bits per heavy atom. The standard InChI is InChI=1S/C13H11N5O2S/c1-20-9-4-2-3-8(7-9)10-11(12(19)17-15-10)16-18-13-14-5-6-21-13/h2-7H,1H3,(H2,15,17,19). The lowest BCUT2D eigenvalue weighted by molar-refractivity contribution is 0.415. The van der Waals surface area contributed by atoms with Gasteiger partial charge < -0.3 is 4.74 Å². The molecular formula is C13H11N5O2S. The number of thiazole rings is 1. The molecule has 0 atom stereocenters. The summed E-state index contributed by atoms with van der Waals surface area (Å²) in [5.41, 5.74) is 1.20. The molecule has 0 saturated heterocycles. The van der Waals surface area contributed by atoms with Crippen LogP contribution in [0.15, 0.2) is 50.9 Å². The number of azo groups is 1. The van der Waals surface area contributed by atoms with Crippen LogP contribution in [0.25, 0.3) is 11.3 Å². The van der Waals surface area contributed by atoms with Gasteiger partial charge in [0.15, 0.2) is 5.69 Å². The highest BCUT2D eigenvalue weighted by molar-refractivity contribution is 7.13. The van der Waals surface area contributed by atoms with Crippen molar-refractivity contribution in [3.05, 3.63) is 46.2 Å². The fourth-order valence-electron chi connectivity index (χ4n) is 1.79. The minimum absolute atomic E-state index is 0.207. The van der Waals surface area contributed by atoms with E-state index in [1.807, 2.05) is 24.3 Å². The van der Waals surface area contributed by atoms with Crippen LogP contribution in [0.3, 0.4) is 0 Å². The van der Waals surface area contributed by atoms with Crippen LogP contribution in [-0.2, 0) is 0 Å². The molecule has 1 aromatic carbocycles. The Morgan fingerprint density at radius 3 is 2.95 bits per heavy atom. The first-order valence-electron chi connectivity index (χ1n) is 6.04. The van der Waals surface area contributed by atoms with Gasteiger partial charge in [-0.1, -0.05) is 12.1 Å². The maximum atomic E-state index is 11.8. The Kier molecular flexibility index (Phi) is 3.61. The minimum Gasteiger partial charge on any atom is -0.497 e. The highest BCUT2D eigenvalue weighted by atomic mass is 32.1. The molecule has 8 heteroatoms. The molecule has 0 saturated carbocycles. The Labute approximate surface area is 123 Å². The third-order valence-corrected chi connectivity index (χ3v) is 3.42. The average Bonchev–Trinajstić information content (AvgIpc) is 3.15. The van der Waals surface area contributed by atoms with Crippen LogP contribution in [-0.4, -0.2) is 22.3 Å². The van der Waals surface area contributed by atoms with Crippen LogP contribution in [0.1, 0.15) is 0 Å². The molecule has 0 amide bonds. The van der Waals surface area contributed by atoms with E-state index in [1.165, 1.54) is 11.3 Å². The summed E-state index contributed by atoms with van der Waals surface area (Å²) in [6.45, 7) is 0. The first kappa shape index (κ1) is 13.3. The molecule has 0 fully saturated rings. The van der Waals surface area contributed by atoms with Crippen LogP contribution < -0.4 is 10.3 Å². The van der Waals surface area contributed by atoms with E-state index >= 15 is 0 Å². The third-order valence-electron chi connectivity index (χ3n) is 2.77. The maximum Gasteiger partial charge on any atom is 0.292 e. The van der Waals surface area contributed by atoms with Gasteiger partial charge in [0, 0.05) is 17.1 Å². The van der Waals surface area contributed by atoms with Crippen LogP contribution in [0, 0.1) is 0 Å². The van der Waals surface area contributed by atoms with Crippen molar-refractivity contribution in [1.29, 1.82) is 0 Å². The SMILES string of the molecule is COc1cccc(-c2[nH][nH]c(=O)c2N=Nc2nccs2)c1. The van der Waals surface area contributed by atoms with E-state index in [2.05, 4.69) is 25.4 Å². The molecule has 21 heavy (non-hydrogen) atoms. The normalized spacial score (nSPS) is 11.1. The van der Waals surface area contributed by atoms with Gasteiger partial charge in [0.05, 0.1) is 12.8 Å². The zero-order valence-corrected chi connectivity index (χ0v) is 11.8. The Balaban J connectivity index is 2.02. The minimum atomic E-state index is -0.340. The van der Waals surface area contributed by atoms with Gasteiger partial charge >= 0.3 is 0 Å². The van der Waals surface area contributed by atoms with E-state index < -0.39 is 0 Å². The van der Waals surface area contributed by atoms with Crippen LogP contribution >= 0.6 is 11.3 Å². The predicted molar refractivity (Wildman–Crippen MR) is 79.7 cm³/mol. The van der Waals surface area contributed by atoms with Gasteiger partial charge in [-0.25, -0.2) is 4.98 Å². The molecule has 3 rings (SSSR count). The topological polar surface area (TPSA) is 95.5 Å². The van der Waals surface area contributed by atoms with Crippen molar-refractivity contribution in [2.75, 3.05) is 7.11 Å². The monoisotopic (exact) mass is 301 g/mol. The highest BCUT2D eigenvalue weighted by Crippen LogP contribution is 2.29. The number of nitrogens with zero attached hydrogens (tertiary/aromatic N) is 3. The lowest BCUT2D eigenvalue weighted by Crippen LogP contribution is -1.96. The van der Waals surface area contributed by atoms with E-state index in [0.717, 1.165) is 5.56 Å². The van der Waals surface area contributed by atoms with Crippen molar-refractivity contribution < 1.29 is 4.74 Å². The molecule has 2 heterocycles. The van der Waals surface area contributed by atoms with Crippen molar-refractivity contribution in [1.82, 2.24) is 15.2 Å². The van der Waals surface area contributed by atoms with E-state index in [1.54, 1.807) is 18.7 Å². The largest absolute Gasteiger partial charge is 0.497 e. The quantitative estimate of drug-likeness (QED) is 0.724. The van der Waals surface area contributed by atoms with Crippen molar-refractivity contribution in [3.8, 4) is 17.0 Å². The van der Waals surface area contributed by atoms with E-state index in [9.17, 15) is 4.79 Å². The first-order chi connectivity index (χ1) is 10.3. The predicted octanol–water partition coefficient (Wildman–Crippen LogP) is 3.25. The molecule has 0 aliphatic heterocycles. The summed E-state index contributed by atoms with van der Waals surface area (Å²) in [6.07, 6.45) is 1.63. The van der Waals surface area contributed by atoms with Gasteiger partial charge in [0.1, 0.15) is 5.75 Å². The number of rotatable bonds is 4. The molecule has 0 spiro atoms. The molecule has 0 aliphatic rings. The van der Waals surface area contributed by atoms with Crippen molar-refractivity contribution in [3.63, 3.8) is 0 Å². The number of hydrogen-bond acceptors (Lipinski definition) is 6. The second kappa shape index (κ2) is 5.71. The number of benzene rings is 1. The van der Waals surface area contributed by atoms with Gasteiger partial charge in [0.25, 0.3) is 5.56 Å². The number of aromatic amines is 2. The third kappa shape index (κ3) is 2.75. The molecule has 2 aromatic heterocycles. The fourth-order valence-corrected chi connectivity index (χ4v) is 2.25. The Bertz CT molecular complexity index is 819. The second-order valence-corrected chi connectivity index (χ2v) is 4.92. The first-order valence-corrected chi connectivity index (χ1v) is 6.92. The summed E-state index contributed by atoms with van der Waals surface area (Å²) in [5.74, 6) is 0.692. The summed E-state index contributed by atoms with van der Waals surface area (Å²) in [4.78, 5) is 15.8. The number of methoxy groups -OCH3 is 1. The number of nitrogens with one attached hydrogen (secondary N) is 2. The summed E-state index contributed by atoms with van der Waals surface area (Å²) in [5, 5.41) is 15.6. The number of aromatic nitrogens is 3.